The largest absolute Gasteiger partial charge is 0.383 e. The maximum absolute atomic E-state index is 5.54. The van der Waals surface area contributed by atoms with E-state index in [1.807, 2.05) is 0 Å². The third-order valence-electron chi connectivity index (χ3n) is 2.90. The standard InChI is InChI=1S/C15H34N4O2.HI/c1-14(2)13-21-11-6-7-17-15(16-3)18-8-9-19(4)10-12-20-5;/h14H,6-13H2,1-5H3,(H2,16,17,18);1H. The molecule has 0 unspecified atom stereocenters. The first-order valence-electron chi connectivity index (χ1n) is 7.79. The molecular weight excluding hydrogens is 395 g/mol. The number of aliphatic imine (C=N–C) groups is 1. The Morgan fingerprint density at radius 2 is 1.82 bits per heavy atom. The first-order chi connectivity index (χ1) is 10.1. The van der Waals surface area contributed by atoms with Gasteiger partial charge in [-0.25, -0.2) is 0 Å². The summed E-state index contributed by atoms with van der Waals surface area (Å²) in [7, 11) is 5.60. The number of nitrogens with zero attached hydrogens (tertiary/aromatic N) is 2. The molecule has 0 aliphatic rings. The van der Waals surface area contributed by atoms with Crippen molar-refractivity contribution in [1.82, 2.24) is 15.5 Å². The summed E-state index contributed by atoms with van der Waals surface area (Å²) < 4.78 is 10.6. The molecule has 0 aromatic rings. The van der Waals surface area contributed by atoms with Crippen molar-refractivity contribution in [3.8, 4) is 0 Å². The van der Waals surface area contributed by atoms with Gasteiger partial charge in [0.1, 0.15) is 0 Å². The first kappa shape index (κ1) is 24.1. The van der Waals surface area contributed by atoms with Crippen molar-refractivity contribution in [3.05, 3.63) is 0 Å². The van der Waals surface area contributed by atoms with Gasteiger partial charge in [-0.05, 0) is 19.4 Å². The number of halogens is 1. The number of methoxy groups -OCH3 is 1. The van der Waals surface area contributed by atoms with Gasteiger partial charge in [0.05, 0.1) is 6.61 Å². The summed E-state index contributed by atoms with van der Waals surface area (Å²) in [5, 5.41) is 6.59. The van der Waals surface area contributed by atoms with Gasteiger partial charge >= 0.3 is 0 Å². The van der Waals surface area contributed by atoms with E-state index < -0.39 is 0 Å². The molecule has 0 fully saturated rings. The summed E-state index contributed by atoms with van der Waals surface area (Å²) in [5.74, 6) is 1.45. The zero-order chi connectivity index (χ0) is 15.9. The molecule has 0 aromatic heterocycles. The van der Waals surface area contributed by atoms with Crippen LogP contribution >= 0.6 is 24.0 Å². The molecule has 0 radical (unpaired) electrons. The molecule has 0 saturated heterocycles. The summed E-state index contributed by atoms with van der Waals surface area (Å²) in [6.45, 7) is 10.4. The van der Waals surface area contributed by atoms with E-state index in [-0.39, 0.29) is 24.0 Å². The normalized spacial score (nSPS) is 11.7. The second kappa shape index (κ2) is 17.2. The molecule has 0 rings (SSSR count). The molecule has 0 bridgehead atoms. The molecular formula is C15H35IN4O2. The molecule has 2 N–H and O–H groups in total. The van der Waals surface area contributed by atoms with Crippen molar-refractivity contribution in [2.75, 3.05) is 67.2 Å². The third kappa shape index (κ3) is 16.3. The molecule has 0 amide bonds. The number of hydrogen-bond donors (Lipinski definition) is 2. The van der Waals surface area contributed by atoms with Crippen molar-refractivity contribution < 1.29 is 9.47 Å². The number of likely N-dealkylation sites (N-methyl/N-ethyl adjacent to an activating group) is 1. The fourth-order valence-electron chi connectivity index (χ4n) is 1.64. The van der Waals surface area contributed by atoms with Crippen LogP contribution in [0.15, 0.2) is 4.99 Å². The SMILES string of the molecule is CN=C(NCCCOCC(C)C)NCCN(C)CCOC.I. The van der Waals surface area contributed by atoms with Crippen molar-refractivity contribution in [3.63, 3.8) is 0 Å². The Bertz CT molecular complexity index is 266. The van der Waals surface area contributed by atoms with Crippen molar-refractivity contribution in [2.45, 2.75) is 20.3 Å². The zero-order valence-electron chi connectivity index (χ0n) is 14.9. The zero-order valence-corrected chi connectivity index (χ0v) is 17.2. The molecule has 6 nitrogen and oxygen atoms in total. The molecule has 0 aromatic carbocycles. The van der Waals surface area contributed by atoms with Gasteiger partial charge in [-0.15, -0.1) is 24.0 Å². The Balaban J connectivity index is 0. The Hall–Kier alpha value is -0.120. The summed E-state index contributed by atoms with van der Waals surface area (Å²) >= 11 is 0. The van der Waals surface area contributed by atoms with Crippen LogP contribution in [0.5, 0.6) is 0 Å². The van der Waals surface area contributed by atoms with E-state index in [1.165, 1.54) is 0 Å². The van der Waals surface area contributed by atoms with Crippen LogP contribution in [0.25, 0.3) is 0 Å². The van der Waals surface area contributed by atoms with Crippen LogP contribution in [0.1, 0.15) is 20.3 Å². The van der Waals surface area contributed by atoms with E-state index in [0.717, 1.165) is 58.4 Å². The summed E-state index contributed by atoms with van der Waals surface area (Å²) in [5.41, 5.74) is 0. The molecule has 0 aliphatic heterocycles. The third-order valence-corrected chi connectivity index (χ3v) is 2.90. The molecule has 22 heavy (non-hydrogen) atoms. The predicted octanol–water partition coefficient (Wildman–Crippen LogP) is 1.41. The predicted molar refractivity (Wildman–Crippen MR) is 104 cm³/mol. The number of hydrogen-bond acceptors (Lipinski definition) is 4. The minimum atomic E-state index is 0. The maximum Gasteiger partial charge on any atom is 0.191 e. The monoisotopic (exact) mass is 430 g/mol. The van der Waals surface area contributed by atoms with Crippen molar-refractivity contribution >= 4 is 29.9 Å². The van der Waals surface area contributed by atoms with Gasteiger partial charge in [0.15, 0.2) is 5.96 Å². The molecule has 0 aliphatic carbocycles. The Labute approximate surface area is 153 Å². The van der Waals surface area contributed by atoms with Crippen molar-refractivity contribution in [2.24, 2.45) is 10.9 Å². The van der Waals surface area contributed by atoms with Crippen LogP contribution in [0, 0.1) is 5.92 Å². The number of ether oxygens (including phenoxy) is 2. The maximum atomic E-state index is 5.54. The van der Waals surface area contributed by atoms with Gasteiger partial charge in [-0.1, -0.05) is 13.8 Å². The van der Waals surface area contributed by atoms with E-state index in [2.05, 4.69) is 41.4 Å². The van der Waals surface area contributed by atoms with Crippen LogP contribution in [0.4, 0.5) is 0 Å². The molecule has 7 heteroatoms. The van der Waals surface area contributed by atoms with E-state index in [9.17, 15) is 0 Å². The van der Waals surface area contributed by atoms with Crippen LogP contribution in [0.2, 0.25) is 0 Å². The smallest absolute Gasteiger partial charge is 0.191 e. The van der Waals surface area contributed by atoms with E-state index in [1.54, 1.807) is 14.2 Å². The lowest BCUT2D eigenvalue weighted by molar-refractivity contribution is 0.108. The topological polar surface area (TPSA) is 58.1 Å². The molecule has 0 heterocycles. The Morgan fingerprint density at radius 1 is 1.14 bits per heavy atom. The van der Waals surface area contributed by atoms with Gasteiger partial charge in [0, 0.05) is 53.6 Å². The molecule has 0 saturated carbocycles. The highest BCUT2D eigenvalue weighted by atomic mass is 127. The summed E-state index contributed by atoms with van der Waals surface area (Å²) in [6.07, 6.45) is 0.987. The highest BCUT2D eigenvalue weighted by Gasteiger charge is 2.00. The van der Waals surface area contributed by atoms with Crippen molar-refractivity contribution in [1.29, 1.82) is 0 Å². The lowest BCUT2D eigenvalue weighted by Gasteiger charge is -2.17. The van der Waals surface area contributed by atoms with Crippen LogP contribution < -0.4 is 10.6 Å². The average Bonchev–Trinajstić information content (AvgIpc) is 2.46. The lowest BCUT2D eigenvalue weighted by atomic mass is 10.2. The van der Waals surface area contributed by atoms with E-state index >= 15 is 0 Å². The highest BCUT2D eigenvalue weighted by molar-refractivity contribution is 14.0. The molecule has 0 atom stereocenters. The molecule has 134 valence electrons. The second-order valence-corrected chi connectivity index (χ2v) is 5.54. The quantitative estimate of drug-likeness (QED) is 0.212. The highest BCUT2D eigenvalue weighted by Crippen LogP contribution is 1.92. The van der Waals surface area contributed by atoms with Crippen LogP contribution in [0.3, 0.4) is 0 Å². The minimum absolute atomic E-state index is 0. The lowest BCUT2D eigenvalue weighted by Crippen LogP contribution is -2.41. The number of rotatable bonds is 12. The van der Waals surface area contributed by atoms with Crippen LogP contribution in [-0.2, 0) is 9.47 Å². The van der Waals surface area contributed by atoms with Gasteiger partial charge in [-0.3, -0.25) is 4.99 Å². The number of nitrogens with one attached hydrogen (secondary N) is 2. The second-order valence-electron chi connectivity index (χ2n) is 5.54. The first-order valence-corrected chi connectivity index (χ1v) is 7.79. The van der Waals surface area contributed by atoms with Gasteiger partial charge in [-0.2, -0.15) is 0 Å². The minimum Gasteiger partial charge on any atom is -0.383 e. The van der Waals surface area contributed by atoms with Gasteiger partial charge in [0.25, 0.3) is 0 Å². The Kier molecular flexibility index (Phi) is 18.9. The summed E-state index contributed by atoms with van der Waals surface area (Å²) in [6, 6.07) is 0. The fourth-order valence-corrected chi connectivity index (χ4v) is 1.64. The summed E-state index contributed by atoms with van der Waals surface area (Å²) in [4.78, 5) is 6.43. The van der Waals surface area contributed by atoms with Crippen LogP contribution in [-0.4, -0.2) is 78.1 Å². The fraction of sp³-hybridized carbons (Fsp3) is 0.933. The number of guanidine groups is 1. The van der Waals surface area contributed by atoms with E-state index in [4.69, 9.17) is 9.47 Å². The van der Waals surface area contributed by atoms with E-state index in [0.29, 0.717) is 5.92 Å². The van der Waals surface area contributed by atoms with Gasteiger partial charge < -0.3 is 25.0 Å². The average molecular weight is 430 g/mol. The van der Waals surface area contributed by atoms with Gasteiger partial charge in [0.2, 0.25) is 0 Å². The molecule has 0 spiro atoms. The Morgan fingerprint density at radius 3 is 2.41 bits per heavy atom.